The standard InChI is InChI=1S/C18H23NO4S/c1-22-17-9-8-16(14-18(17)23-2)10-12-19-24(20,21)13-11-15-6-4-3-5-7-15/h3-9,14,19H,10-13H2,1-2H3. The predicted molar refractivity (Wildman–Crippen MR) is 95.2 cm³/mol. The van der Waals surface area contributed by atoms with Crippen LogP contribution in [-0.4, -0.2) is 34.9 Å². The van der Waals surface area contributed by atoms with E-state index in [1.165, 1.54) is 0 Å². The quantitative estimate of drug-likeness (QED) is 0.755. The zero-order valence-electron chi connectivity index (χ0n) is 14.0. The average molecular weight is 349 g/mol. The first-order chi connectivity index (χ1) is 11.5. The van der Waals surface area contributed by atoms with Gasteiger partial charge < -0.3 is 9.47 Å². The van der Waals surface area contributed by atoms with Crippen molar-refractivity contribution in [3.05, 3.63) is 59.7 Å². The minimum Gasteiger partial charge on any atom is -0.493 e. The Morgan fingerprint density at radius 3 is 2.25 bits per heavy atom. The molecule has 0 atom stereocenters. The first kappa shape index (κ1) is 18.3. The highest BCUT2D eigenvalue weighted by Crippen LogP contribution is 2.27. The minimum atomic E-state index is -3.28. The van der Waals surface area contributed by atoms with Gasteiger partial charge in [0.2, 0.25) is 10.0 Å². The summed E-state index contributed by atoms with van der Waals surface area (Å²) in [5.41, 5.74) is 2.00. The summed E-state index contributed by atoms with van der Waals surface area (Å²) in [5, 5.41) is 0. The van der Waals surface area contributed by atoms with Crippen LogP contribution in [0.25, 0.3) is 0 Å². The highest BCUT2D eigenvalue weighted by molar-refractivity contribution is 7.89. The smallest absolute Gasteiger partial charge is 0.211 e. The van der Waals surface area contributed by atoms with Crippen molar-refractivity contribution in [2.75, 3.05) is 26.5 Å². The lowest BCUT2D eigenvalue weighted by atomic mass is 10.1. The van der Waals surface area contributed by atoms with Gasteiger partial charge >= 0.3 is 0 Å². The SMILES string of the molecule is COc1ccc(CCNS(=O)(=O)CCc2ccccc2)cc1OC. The number of sulfonamides is 1. The van der Waals surface area contributed by atoms with E-state index in [2.05, 4.69) is 4.72 Å². The summed E-state index contributed by atoms with van der Waals surface area (Å²) in [5.74, 6) is 1.38. The summed E-state index contributed by atoms with van der Waals surface area (Å²) in [6, 6.07) is 15.2. The summed E-state index contributed by atoms with van der Waals surface area (Å²) < 4.78 is 37.2. The second kappa shape index (κ2) is 8.70. The lowest BCUT2D eigenvalue weighted by Crippen LogP contribution is -2.29. The maximum atomic E-state index is 12.1. The van der Waals surface area contributed by atoms with Crippen molar-refractivity contribution in [1.82, 2.24) is 4.72 Å². The second-order valence-electron chi connectivity index (χ2n) is 5.39. The molecule has 0 saturated heterocycles. The molecular formula is C18H23NO4S. The summed E-state index contributed by atoms with van der Waals surface area (Å²) in [7, 11) is -0.125. The number of benzene rings is 2. The fourth-order valence-electron chi connectivity index (χ4n) is 2.36. The van der Waals surface area contributed by atoms with E-state index in [1.807, 2.05) is 48.5 Å². The van der Waals surface area contributed by atoms with Gasteiger partial charge in [0.25, 0.3) is 0 Å². The van der Waals surface area contributed by atoms with Crippen LogP contribution in [0.4, 0.5) is 0 Å². The predicted octanol–water partition coefficient (Wildman–Crippen LogP) is 2.41. The van der Waals surface area contributed by atoms with Crippen molar-refractivity contribution in [1.29, 1.82) is 0 Å². The second-order valence-corrected chi connectivity index (χ2v) is 7.31. The van der Waals surface area contributed by atoms with Crippen LogP contribution >= 0.6 is 0 Å². The molecule has 130 valence electrons. The molecule has 0 aliphatic rings. The Balaban J connectivity index is 1.84. The van der Waals surface area contributed by atoms with Crippen LogP contribution in [0.5, 0.6) is 11.5 Å². The van der Waals surface area contributed by atoms with Crippen LogP contribution < -0.4 is 14.2 Å². The van der Waals surface area contributed by atoms with Gasteiger partial charge in [0.1, 0.15) is 0 Å². The van der Waals surface area contributed by atoms with E-state index in [1.54, 1.807) is 14.2 Å². The van der Waals surface area contributed by atoms with Gasteiger partial charge in [0.15, 0.2) is 11.5 Å². The normalized spacial score (nSPS) is 11.2. The molecule has 0 aliphatic heterocycles. The van der Waals surface area contributed by atoms with E-state index in [0.29, 0.717) is 30.9 Å². The molecule has 0 aliphatic carbocycles. The zero-order chi connectivity index (χ0) is 17.4. The molecule has 0 radical (unpaired) electrons. The van der Waals surface area contributed by atoms with E-state index in [-0.39, 0.29) is 5.75 Å². The Morgan fingerprint density at radius 2 is 1.58 bits per heavy atom. The molecular weight excluding hydrogens is 326 g/mol. The number of hydrogen-bond donors (Lipinski definition) is 1. The molecule has 0 bridgehead atoms. The summed E-state index contributed by atoms with van der Waals surface area (Å²) in [4.78, 5) is 0. The Kier molecular flexibility index (Phi) is 6.63. The lowest BCUT2D eigenvalue weighted by Gasteiger charge is -2.10. The van der Waals surface area contributed by atoms with Gasteiger partial charge in [-0.25, -0.2) is 13.1 Å². The number of aryl methyl sites for hydroxylation is 1. The Bertz CT molecular complexity index is 745. The molecule has 24 heavy (non-hydrogen) atoms. The molecule has 0 saturated carbocycles. The number of hydrogen-bond acceptors (Lipinski definition) is 4. The fourth-order valence-corrected chi connectivity index (χ4v) is 3.42. The topological polar surface area (TPSA) is 64.6 Å². The monoisotopic (exact) mass is 349 g/mol. The van der Waals surface area contributed by atoms with Crippen molar-refractivity contribution in [3.63, 3.8) is 0 Å². The molecule has 0 spiro atoms. The van der Waals surface area contributed by atoms with Crippen LogP contribution in [0, 0.1) is 0 Å². The van der Waals surface area contributed by atoms with Gasteiger partial charge in [-0.3, -0.25) is 0 Å². The van der Waals surface area contributed by atoms with E-state index >= 15 is 0 Å². The van der Waals surface area contributed by atoms with Gasteiger partial charge in [-0.2, -0.15) is 0 Å². The highest BCUT2D eigenvalue weighted by atomic mass is 32.2. The lowest BCUT2D eigenvalue weighted by molar-refractivity contribution is 0.354. The fraction of sp³-hybridized carbons (Fsp3) is 0.333. The van der Waals surface area contributed by atoms with Crippen molar-refractivity contribution >= 4 is 10.0 Å². The molecule has 0 heterocycles. The molecule has 2 rings (SSSR count). The Morgan fingerprint density at radius 1 is 0.875 bits per heavy atom. The van der Waals surface area contributed by atoms with Crippen LogP contribution in [0.15, 0.2) is 48.5 Å². The molecule has 5 nitrogen and oxygen atoms in total. The summed E-state index contributed by atoms with van der Waals surface area (Å²) >= 11 is 0. The number of ether oxygens (including phenoxy) is 2. The largest absolute Gasteiger partial charge is 0.493 e. The van der Waals surface area contributed by atoms with E-state index < -0.39 is 10.0 Å². The van der Waals surface area contributed by atoms with Gasteiger partial charge in [-0.1, -0.05) is 36.4 Å². The van der Waals surface area contributed by atoms with Crippen LogP contribution in [-0.2, 0) is 22.9 Å². The van der Waals surface area contributed by atoms with Crippen molar-refractivity contribution in [2.45, 2.75) is 12.8 Å². The number of nitrogens with one attached hydrogen (secondary N) is 1. The maximum absolute atomic E-state index is 12.1. The van der Waals surface area contributed by atoms with E-state index in [4.69, 9.17) is 9.47 Å². The molecule has 0 amide bonds. The molecule has 2 aromatic carbocycles. The van der Waals surface area contributed by atoms with Gasteiger partial charge in [-0.05, 0) is 36.1 Å². The van der Waals surface area contributed by atoms with Crippen molar-refractivity contribution in [3.8, 4) is 11.5 Å². The average Bonchev–Trinajstić information content (AvgIpc) is 2.60. The van der Waals surface area contributed by atoms with Crippen LogP contribution in [0.1, 0.15) is 11.1 Å². The first-order valence-electron chi connectivity index (χ1n) is 7.76. The Hall–Kier alpha value is -2.05. The number of rotatable bonds is 9. The number of methoxy groups -OCH3 is 2. The van der Waals surface area contributed by atoms with Gasteiger partial charge in [0, 0.05) is 6.54 Å². The highest BCUT2D eigenvalue weighted by Gasteiger charge is 2.10. The Labute approximate surface area is 143 Å². The molecule has 2 aromatic rings. The molecule has 1 N–H and O–H groups in total. The van der Waals surface area contributed by atoms with E-state index in [9.17, 15) is 8.42 Å². The summed E-state index contributed by atoms with van der Waals surface area (Å²) in [6.07, 6.45) is 1.09. The third-order valence-corrected chi connectivity index (χ3v) is 5.07. The molecule has 0 aromatic heterocycles. The summed E-state index contributed by atoms with van der Waals surface area (Å²) in [6.45, 7) is 0.354. The minimum absolute atomic E-state index is 0.0863. The van der Waals surface area contributed by atoms with E-state index in [0.717, 1.165) is 11.1 Å². The molecule has 0 unspecified atom stereocenters. The zero-order valence-corrected chi connectivity index (χ0v) is 14.8. The van der Waals surface area contributed by atoms with Crippen LogP contribution in [0.2, 0.25) is 0 Å². The first-order valence-corrected chi connectivity index (χ1v) is 9.41. The van der Waals surface area contributed by atoms with Crippen LogP contribution in [0.3, 0.4) is 0 Å². The van der Waals surface area contributed by atoms with Crippen molar-refractivity contribution < 1.29 is 17.9 Å². The van der Waals surface area contributed by atoms with Gasteiger partial charge in [0.05, 0.1) is 20.0 Å². The van der Waals surface area contributed by atoms with Crippen molar-refractivity contribution in [2.24, 2.45) is 0 Å². The molecule has 6 heteroatoms. The third kappa shape index (κ3) is 5.54. The molecule has 0 fully saturated rings. The van der Waals surface area contributed by atoms with Gasteiger partial charge in [-0.15, -0.1) is 0 Å². The maximum Gasteiger partial charge on any atom is 0.211 e. The third-order valence-electron chi connectivity index (χ3n) is 3.69.